The average Bonchev–Trinajstić information content (AvgIpc) is 2.87. The molecule has 4 saturated carbocycles. The molecule has 0 spiro atoms. The molecule has 0 aromatic heterocycles. The maximum absolute atomic E-state index is 14.4. The maximum Gasteiger partial charge on any atom is 0.264 e. The van der Waals surface area contributed by atoms with Crippen molar-refractivity contribution in [2.24, 2.45) is 50.2 Å². The summed E-state index contributed by atoms with van der Waals surface area (Å²) in [7, 11) is 0. The third kappa shape index (κ3) is 3.72. The van der Waals surface area contributed by atoms with Crippen LogP contribution in [0.4, 0.5) is 0 Å². The monoisotopic (exact) mass is 537 g/mol. The van der Waals surface area contributed by atoms with Gasteiger partial charge in [-0.05, 0) is 110 Å². The van der Waals surface area contributed by atoms with Crippen molar-refractivity contribution in [3.63, 3.8) is 0 Å². The molecule has 0 bridgehead atoms. The first-order valence-electron chi connectivity index (χ1n) is 15.4. The van der Waals surface area contributed by atoms with Crippen molar-refractivity contribution in [1.29, 1.82) is 0 Å². The van der Waals surface area contributed by atoms with Gasteiger partial charge in [-0.2, -0.15) is 0 Å². The molecule has 5 heteroatoms. The van der Waals surface area contributed by atoms with Crippen LogP contribution in [0.5, 0.6) is 0 Å². The quantitative estimate of drug-likeness (QED) is 0.247. The van der Waals surface area contributed by atoms with E-state index in [0.717, 1.165) is 56.4 Å². The molecule has 1 amide bonds. The molecular weight excluding hydrogens is 486 g/mol. The fourth-order valence-electron chi connectivity index (χ4n) is 10.9. The molecule has 0 aromatic carbocycles. The standard InChI is InChI=1S/C34H51NO4/c1-10-35(39-11-2)28(38)31(6)17-16-30(5)18-19-33(8)22(23(30)21-31)20-24(36)27-32(7)14-13-26(37)29(3,4)25(32)12-15-34(27,33)9/h1,20,23,25-27,37H,11-19,21H2,2-9H3/t23-,25?,26-,27+,30+,31-,32-,33+,34+/m0/s1. The molecule has 5 rings (SSSR count). The van der Waals surface area contributed by atoms with E-state index >= 15 is 0 Å². The second-order valence-corrected chi connectivity index (χ2v) is 15.8. The van der Waals surface area contributed by atoms with Crippen LogP contribution < -0.4 is 0 Å². The van der Waals surface area contributed by atoms with Crippen molar-refractivity contribution >= 4 is 11.7 Å². The highest BCUT2D eigenvalue weighted by atomic mass is 16.7. The van der Waals surface area contributed by atoms with Crippen molar-refractivity contribution in [1.82, 2.24) is 5.06 Å². The highest BCUT2D eigenvalue weighted by Crippen LogP contribution is 2.75. The maximum atomic E-state index is 14.4. The highest BCUT2D eigenvalue weighted by Gasteiger charge is 2.70. The van der Waals surface area contributed by atoms with Crippen molar-refractivity contribution in [2.75, 3.05) is 6.61 Å². The van der Waals surface area contributed by atoms with Crippen molar-refractivity contribution in [3.8, 4) is 12.5 Å². The lowest BCUT2D eigenvalue weighted by Gasteiger charge is -2.70. The fourth-order valence-corrected chi connectivity index (χ4v) is 10.9. The number of fused-ring (bicyclic) bond motifs is 7. The van der Waals surface area contributed by atoms with Gasteiger partial charge in [0.2, 0.25) is 0 Å². The number of hydroxylamine groups is 2. The Morgan fingerprint density at radius 1 is 1.05 bits per heavy atom. The first-order chi connectivity index (χ1) is 18.0. The summed E-state index contributed by atoms with van der Waals surface area (Å²) in [5, 5.41) is 12.0. The lowest BCUT2D eigenvalue weighted by Crippen LogP contribution is -2.66. The molecule has 4 fully saturated rings. The van der Waals surface area contributed by atoms with Gasteiger partial charge >= 0.3 is 0 Å². The van der Waals surface area contributed by atoms with Crippen molar-refractivity contribution in [3.05, 3.63) is 11.6 Å². The Bertz CT molecular complexity index is 1130. The van der Waals surface area contributed by atoms with Crippen molar-refractivity contribution < 1.29 is 19.5 Å². The Balaban J connectivity index is 1.57. The molecule has 0 heterocycles. The largest absolute Gasteiger partial charge is 0.393 e. The van der Waals surface area contributed by atoms with Gasteiger partial charge in [-0.3, -0.25) is 14.4 Å². The van der Waals surface area contributed by atoms with Crippen LogP contribution >= 0.6 is 0 Å². The van der Waals surface area contributed by atoms with Crippen molar-refractivity contribution in [2.45, 2.75) is 119 Å². The molecule has 1 unspecified atom stereocenters. The lowest BCUT2D eigenvalue weighted by atomic mass is 9.33. The van der Waals surface area contributed by atoms with Gasteiger partial charge in [0.25, 0.3) is 5.91 Å². The van der Waals surface area contributed by atoms with Crippen LogP contribution in [0.3, 0.4) is 0 Å². The van der Waals surface area contributed by atoms with Crippen LogP contribution in [0.2, 0.25) is 0 Å². The zero-order chi connectivity index (χ0) is 28.8. The van der Waals surface area contributed by atoms with Crippen LogP contribution in [0.1, 0.15) is 113 Å². The topological polar surface area (TPSA) is 66.8 Å². The number of terminal acetylenes is 1. The summed E-state index contributed by atoms with van der Waals surface area (Å²) < 4.78 is 0. The summed E-state index contributed by atoms with van der Waals surface area (Å²) in [5.41, 5.74) is 0.168. The number of carbonyl (C=O) groups is 2. The third-order valence-electron chi connectivity index (χ3n) is 13.6. The predicted octanol–water partition coefficient (Wildman–Crippen LogP) is 6.70. The van der Waals surface area contributed by atoms with Crippen LogP contribution in [-0.4, -0.2) is 34.6 Å². The Morgan fingerprint density at radius 3 is 2.36 bits per heavy atom. The number of hydrogen-bond donors (Lipinski definition) is 1. The first kappa shape index (κ1) is 28.9. The van der Waals surface area contributed by atoms with E-state index in [-0.39, 0.29) is 56.7 Å². The van der Waals surface area contributed by atoms with Gasteiger partial charge in [0.15, 0.2) is 5.78 Å². The zero-order valence-electron chi connectivity index (χ0n) is 25.7. The summed E-state index contributed by atoms with van der Waals surface area (Å²) in [4.78, 5) is 33.6. The molecule has 1 N–H and O–H groups in total. The predicted molar refractivity (Wildman–Crippen MR) is 153 cm³/mol. The van der Waals surface area contributed by atoms with Gasteiger partial charge in [-0.15, -0.1) is 5.06 Å². The minimum absolute atomic E-state index is 0.0416. The van der Waals surface area contributed by atoms with E-state index in [2.05, 4.69) is 53.7 Å². The van der Waals surface area contributed by atoms with E-state index in [1.165, 1.54) is 5.57 Å². The second kappa shape index (κ2) is 8.93. The van der Waals surface area contributed by atoms with Gasteiger partial charge in [-0.1, -0.05) is 60.5 Å². The second-order valence-electron chi connectivity index (χ2n) is 15.8. The Hall–Kier alpha value is -1.64. The molecule has 216 valence electrons. The number of ketones is 1. The Morgan fingerprint density at radius 2 is 1.72 bits per heavy atom. The summed E-state index contributed by atoms with van der Waals surface area (Å²) in [6.45, 7) is 18.2. The highest BCUT2D eigenvalue weighted by molar-refractivity contribution is 5.95. The SMILES string of the molecule is C#CN(OCC)C(=O)[C@@]1(C)CC[C@]2(C)CC[C@]3(C)C(=CC(=O)[C@@H]4[C@@]5(C)CC[C@H](O)C(C)(C)C5CC[C@]43C)[C@@H]2C1. The number of hydrogen-bond acceptors (Lipinski definition) is 4. The van der Waals surface area contributed by atoms with E-state index < -0.39 is 5.41 Å². The molecular formula is C34H51NO4. The Kier molecular flexibility index (Phi) is 6.61. The number of carbonyl (C=O) groups excluding carboxylic acids is 2. The van der Waals surface area contributed by atoms with E-state index in [4.69, 9.17) is 11.3 Å². The smallest absolute Gasteiger partial charge is 0.264 e. The number of amides is 1. The molecule has 0 aromatic rings. The lowest BCUT2D eigenvalue weighted by molar-refractivity contribution is -0.203. The van der Waals surface area contributed by atoms with E-state index in [1.54, 1.807) is 0 Å². The summed E-state index contributed by atoms with van der Waals surface area (Å²) >= 11 is 0. The van der Waals surface area contributed by atoms with Crippen LogP contribution in [0.25, 0.3) is 0 Å². The number of nitrogens with zero attached hydrogens (tertiary/aromatic N) is 1. The number of aliphatic hydroxyl groups excluding tert-OH is 1. The number of rotatable bonds is 3. The van der Waals surface area contributed by atoms with Gasteiger partial charge in [-0.25, -0.2) is 0 Å². The number of allylic oxidation sites excluding steroid dienone is 2. The molecule has 0 radical (unpaired) electrons. The summed E-state index contributed by atoms with van der Waals surface area (Å²) in [6.07, 6.45) is 15.7. The van der Waals surface area contributed by atoms with Crippen LogP contribution in [-0.2, 0) is 14.4 Å². The normalized spacial score (nSPS) is 48.4. The van der Waals surface area contributed by atoms with Gasteiger partial charge in [0, 0.05) is 12.0 Å². The molecule has 5 aliphatic carbocycles. The van der Waals surface area contributed by atoms with Crippen LogP contribution in [0, 0.1) is 62.7 Å². The minimum atomic E-state index is -0.626. The Labute approximate surface area is 236 Å². The van der Waals surface area contributed by atoms with E-state index in [1.807, 2.05) is 13.8 Å². The van der Waals surface area contributed by atoms with E-state index in [9.17, 15) is 14.7 Å². The van der Waals surface area contributed by atoms with Crippen LogP contribution in [0.15, 0.2) is 11.6 Å². The minimum Gasteiger partial charge on any atom is -0.393 e. The van der Waals surface area contributed by atoms with Gasteiger partial charge in [0.1, 0.15) is 0 Å². The molecule has 39 heavy (non-hydrogen) atoms. The molecule has 5 aliphatic rings. The zero-order valence-corrected chi connectivity index (χ0v) is 25.7. The van der Waals surface area contributed by atoms with Gasteiger partial charge < -0.3 is 5.11 Å². The summed E-state index contributed by atoms with van der Waals surface area (Å²) in [6, 6.07) is 2.44. The average molecular weight is 538 g/mol. The molecule has 5 nitrogen and oxygen atoms in total. The summed E-state index contributed by atoms with van der Waals surface area (Å²) in [5.74, 6) is 0.597. The molecule has 0 aliphatic heterocycles. The van der Waals surface area contributed by atoms with Gasteiger partial charge in [0.05, 0.1) is 18.1 Å². The molecule has 9 atom stereocenters. The van der Waals surface area contributed by atoms with E-state index in [0.29, 0.717) is 18.9 Å². The molecule has 0 saturated heterocycles. The third-order valence-corrected chi connectivity index (χ3v) is 13.6. The number of aliphatic hydroxyl groups is 1. The fraction of sp³-hybridized carbons (Fsp3) is 0.824. The first-order valence-corrected chi connectivity index (χ1v) is 15.4.